The number of aliphatic hydroxyl groups excluding tert-OH is 2. The second-order valence-electron chi connectivity index (χ2n) is 9.17. The topological polar surface area (TPSA) is 158 Å². The van der Waals surface area contributed by atoms with Gasteiger partial charge in [-0.1, -0.05) is 12.8 Å². The van der Waals surface area contributed by atoms with Gasteiger partial charge in [-0.3, -0.25) is 13.9 Å². The van der Waals surface area contributed by atoms with Crippen molar-refractivity contribution in [2.75, 3.05) is 39.3 Å². The average Bonchev–Trinajstić information content (AvgIpc) is 3.54. The Morgan fingerprint density at radius 3 is 2.72 bits per heavy atom. The number of amides is 1. The third-order valence-corrected chi connectivity index (χ3v) is 7.34. The standard InChI is InChI=1S/C21H31ClN5O8P/c1-26(2)15(28)11-33-36(3,31)35-32-10-14-16(29)17(30)20(34-14)27-9-8-13-18(23-12-6-4-5-7-12)24-21(22)25-19(13)27/h8-9,12,14,16-17,20,29-30H,4-7,10-11H2,1-3H3,(H,23,24,25)/t14-,16-,17-,20-,36?/m1/s1. The molecule has 0 radical (unpaired) electrons. The van der Waals surface area contributed by atoms with E-state index in [2.05, 4.69) is 15.3 Å². The van der Waals surface area contributed by atoms with Crippen LogP contribution in [0.2, 0.25) is 5.28 Å². The zero-order valence-corrected chi connectivity index (χ0v) is 21.9. The number of halogens is 1. The first kappa shape index (κ1) is 27.2. The number of nitrogens with one attached hydrogen (secondary N) is 1. The second-order valence-corrected chi connectivity index (χ2v) is 11.5. The molecule has 36 heavy (non-hydrogen) atoms. The summed E-state index contributed by atoms with van der Waals surface area (Å²) in [7, 11) is -0.645. The number of fused-ring (bicyclic) bond motifs is 1. The van der Waals surface area contributed by atoms with Crippen LogP contribution in [0.3, 0.4) is 0 Å². The highest BCUT2D eigenvalue weighted by molar-refractivity contribution is 7.52. The first-order valence-electron chi connectivity index (χ1n) is 11.6. The quantitative estimate of drug-likeness (QED) is 0.173. The highest BCUT2D eigenvalue weighted by atomic mass is 35.5. The molecule has 3 heterocycles. The summed E-state index contributed by atoms with van der Waals surface area (Å²) in [5.74, 6) is 0.203. The fraction of sp³-hybridized carbons (Fsp3) is 0.667. The Balaban J connectivity index is 1.41. The van der Waals surface area contributed by atoms with Gasteiger partial charge in [0, 0.05) is 33.0 Å². The second kappa shape index (κ2) is 11.3. The number of hydrogen-bond donors (Lipinski definition) is 3. The van der Waals surface area contributed by atoms with Crippen molar-refractivity contribution in [3.05, 3.63) is 17.5 Å². The van der Waals surface area contributed by atoms with Crippen LogP contribution in [0, 0.1) is 0 Å². The van der Waals surface area contributed by atoms with Crippen molar-refractivity contribution in [3.8, 4) is 0 Å². The summed E-state index contributed by atoms with van der Waals surface area (Å²) in [4.78, 5) is 26.5. The number of likely N-dealkylation sites (N-methyl/N-ethyl adjacent to an activating group) is 1. The molecule has 3 N–H and O–H groups in total. The third kappa shape index (κ3) is 6.17. The molecule has 0 bridgehead atoms. The van der Waals surface area contributed by atoms with E-state index in [1.54, 1.807) is 16.8 Å². The van der Waals surface area contributed by atoms with Crippen LogP contribution < -0.4 is 5.32 Å². The highest BCUT2D eigenvalue weighted by Gasteiger charge is 2.44. The predicted octanol–water partition coefficient (Wildman–Crippen LogP) is 1.93. The molecule has 2 aromatic rings. The average molecular weight is 548 g/mol. The summed E-state index contributed by atoms with van der Waals surface area (Å²) >= 11 is 6.19. The number of ether oxygens (including phenoxy) is 1. The van der Waals surface area contributed by atoms with Crippen LogP contribution in [0.1, 0.15) is 31.9 Å². The van der Waals surface area contributed by atoms with Crippen LogP contribution in [0.5, 0.6) is 0 Å². The number of anilines is 1. The van der Waals surface area contributed by atoms with Crippen LogP contribution >= 0.6 is 19.2 Å². The summed E-state index contributed by atoms with van der Waals surface area (Å²) in [6.45, 7) is 0.337. The van der Waals surface area contributed by atoms with E-state index in [0.717, 1.165) is 32.3 Å². The van der Waals surface area contributed by atoms with Gasteiger partial charge in [0.05, 0.1) is 5.39 Å². The van der Waals surface area contributed by atoms with Crippen molar-refractivity contribution in [1.82, 2.24) is 19.4 Å². The van der Waals surface area contributed by atoms with Crippen LogP contribution in [0.4, 0.5) is 5.82 Å². The summed E-state index contributed by atoms with van der Waals surface area (Å²) in [6.07, 6.45) is 1.40. The molecular weight excluding hydrogens is 517 g/mol. The zero-order valence-electron chi connectivity index (χ0n) is 20.2. The molecule has 1 saturated heterocycles. The lowest BCUT2D eigenvalue weighted by molar-refractivity contribution is -0.239. The summed E-state index contributed by atoms with van der Waals surface area (Å²) in [6, 6.07) is 2.09. The summed E-state index contributed by atoms with van der Waals surface area (Å²) in [5, 5.41) is 25.4. The Morgan fingerprint density at radius 1 is 1.31 bits per heavy atom. The molecule has 2 aliphatic rings. The van der Waals surface area contributed by atoms with Gasteiger partial charge in [-0.05, 0) is 30.5 Å². The summed E-state index contributed by atoms with van der Waals surface area (Å²) < 4.78 is 29.5. The van der Waals surface area contributed by atoms with Crippen molar-refractivity contribution in [2.45, 2.75) is 56.3 Å². The van der Waals surface area contributed by atoms with E-state index >= 15 is 0 Å². The minimum absolute atomic E-state index is 0.0377. The molecule has 5 atom stereocenters. The molecule has 1 amide bonds. The fourth-order valence-electron chi connectivity index (χ4n) is 4.20. The van der Waals surface area contributed by atoms with Gasteiger partial charge >= 0.3 is 7.60 Å². The number of aromatic nitrogens is 3. The number of nitrogens with zero attached hydrogens (tertiary/aromatic N) is 4. The van der Waals surface area contributed by atoms with Crippen molar-refractivity contribution < 1.29 is 38.4 Å². The van der Waals surface area contributed by atoms with E-state index < -0.39 is 44.6 Å². The Hall–Kier alpha value is -1.83. The van der Waals surface area contributed by atoms with Crippen molar-refractivity contribution in [2.24, 2.45) is 0 Å². The molecule has 15 heteroatoms. The van der Waals surface area contributed by atoms with E-state index in [1.807, 2.05) is 0 Å². The van der Waals surface area contributed by atoms with Gasteiger partial charge in [0.15, 0.2) is 6.23 Å². The number of hydrogen-bond acceptors (Lipinski definition) is 11. The molecule has 2 fully saturated rings. The molecule has 1 aliphatic carbocycles. The molecule has 1 aliphatic heterocycles. The molecule has 1 unspecified atom stereocenters. The van der Waals surface area contributed by atoms with Gasteiger partial charge in [-0.25, -0.2) is 9.87 Å². The van der Waals surface area contributed by atoms with Crippen LogP contribution in [-0.4, -0.2) is 93.9 Å². The molecule has 0 spiro atoms. The van der Waals surface area contributed by atoms with Gasteiger partial charge < -0.3 is 29.7 Å². The predicted molar refractivity (Wildman–Crippen MR) is 130 cm³/mol. The minimum atomic E-state index is -3.71. The monoisotopic (exact) mass is 547 g/mol. The Morgan fingerprint density at radius 2 is 2.03 bits per heavy atom. The molecular formula is C21H31ClN5O8P. The largest absolute Gasteiger partial charge is 0.387 e. The van der Waals surface area contributed by atoms with Gasteiger partial charge in [0.25, 0.3) is 0 Å². The van der Waals surface area contributed by atoms with Crippen molar-refractivity contribution in [3.63, 3.8) is 0 Å². The molecule has 13 nitrogen and oxygen atoms in total. The van der Waals surface area contributed by atoms with E-state index in [4.69, 9.17) is 30.4 Å². The van der Waals surface area contributed by atoms with Gasteiger partial charge in [-0.15, -0.1) is 4.67 Å². The van der Waals surface area contributed by atoms with E-state index in [-0.39, 0.29) is 11.9 Å². The van der Waals surface area contributed by atoms with E-state index in [9.17, 15) is 19.6 Å². The zero-order chi connectivity index (χ0) is 26.0. The first-order chi connectivity index (χ1) is 17.1. The first-order valence-corrected chi connectivity index (χ1v) is 14.0. The molecule has 0 aromatic carbocycles. The Labute approximate surface area is 213 Å². The molecule has 1 saturated carbocycles. The van der Waals surface area contributed by atoms with Crippen LogP contribution in [0.25, 0.3) is 11.0 Å². The van der Waals surface area contributed by atoms with Crippen LogP contribution in [-0.2, 0) is 28.2 Å². The van der Waals surface area contributed by atoms with E-state index in [0.29, 0.717) is 22.9 Å². The maximum Gasteiger partial charge on any atom is 0.355 e. The lowest BCUT2D eigenvalue weighted by Gasteiger charge is -2.18. The SMILES string of the molecule is CN(C)C(=O)COP(C)(=O)OOC[C@H]1O[C@@H](n2ccc3c(NC4CCCC4)nc(Cl)nc32)[C@H](O)[C@@H]1O. The Bertz CT molecular complexity index is 1130. The lowest BCUT2D eigenvalue weighted by atomic mass is 10.1. The summed E-state index contributed by atoms with van der Waals surface area (Å²) in [5.41, 5.74) is 0.432. The van der Waals surface area contributed by atoms with E-state index in [1.165, 1.54) is 19.0 Å². The molecule has 2 aromatic heterocycles. The van der Waals surface area contributed by atoms with Gasteiger partial charge in [-0.2, -0.15) is 4.98 Å². The minimum Gasteiger partial charge on any atom is -0.387 e. The number of carbonyl (C=O) groups is 1. The number of carbonyl (C=O) groups excluding carboxylic acids is 1. The maximum atomic E-state index is 12.3. The maximum absolute atomic E-state index is 12.3. The molecule has 4 rings (SSSR count). The molecule has 200 valence electrons. The fourth-order valence-corrected chi connectivity index (χ4v) is 5.00. The van der Waals surface area contributed by atoms with Gasteiger partial charge in [0.1, 0.15) is 43.0 Å². The highest BCUT2D eigenvalue weighted by Crippen LogP contribution is 2.44. The normalized spacial score (nSPS) is 26.4. The number of aliphatic hydroxyl groups is 2. The van der Waals surface area contributed by atoms with Gasteiger partial charge in [0.2, 0.25) is 11.2 Å². The number of rotatable bonds is 10. The van der Waals surface area contributed by atoms with Crippen molar-refractivity contribution >= 4 is 42.0 Å². The lowest BCUT2D eigenvalue weighted by Crippen LogP contribution is -2.33. The van der Waals surface area contributed by atoms with Crippen molar-refractivity contribution in [1.29, 1.82) is 0 Å². The Kier molecular flexibility index (Phi) is 8.52. The third-order valence-electron chi connectivity index (χ3n) is 6.19. The van der Waals surface area contributed by atoms with Crippen LogP contribution in [0.15, 0.2) is 12.3 Å². The smallest absolute Gasteiger partial charge is 0.355 e.